The molecule has 56 valence electrons. The molecular formula is C9H10N2. The summed E-state index contributed by atoms with van der Waals surface area (Å²) in [5.41, 5.74) is 2.36. The Kier molecular flexibility index (Phi) is 1.39. The van der Waals surface area contributed by atoms with Crippen molar-refractivity contribution in [2.75, 3.05) is 0 Å². The normalized spacial score (nSPS) is 20.6. The molecule has 0 fully saturated rings. The molecule has 0 saturated heterocycles. The maximum atomic E-state index is 4.24. The lowest BCUT2D eigenvalue weighted by Crippen LogP contribution is -2.16. The standard InChI is InChI=1S/C9H10N2/c1-7-8-3-2-5-11-9(8)4-6-10-7/h2-7,10H,1H3. The van der Waals surface area contributed by atoms with Gasteiger partial charge in [-0.05, 0) is 30.8 Å². The largest absolute Gasteiger partial charge is 0.384 e. The van der Waals surface area contributed by atoms with Gasteiger partial charge in [-0.1, -0.05) is 6.07 Å². The molecule has 0 saturated carbocycles. The number of hydrogen-bond acceptors (Lipinski definition) is 2. The number of pyridine rings is 1. The van der Waals surface area contributed by atoms with Gasteiger partial charge < -0.3 is 5.32 Å². The van der Waals surface area contributed by atoms with Gasteiger partial charge in [-0.2, -0.15) is 0 Å². The van der Waals surface area contributed by atoms with Gasteiger partial charge in [-0.25, -0.2) is 0 Å². The second-order valence-electron chi connectivity index (χ2n) is 2.70. The smallest absolute Gasteiger partial charge is 0.0696 e. The van der Waals surface area contributed by atoms with E-state index in [2.05, 4.69) is 23.3 Å². The first-order valence-electron chi connectivity index (χ1n) is 3.75. The fourth-order valence-corrected chi connectivity index (χ4v) is 1.30. The molecule has 2 heterocycles. The van der Waals surface area contributed by atoms with Gasteiger partial charge in [0.1, 0.15) is 0 Å². The van der Waals surface area contributed by atoms with Crippen LogP contribution in [0.2, 0.25) is 0 Å². The van der Waals surface area contributed by atoms with Crippen molar-refractivity contribution in [1.82, 2.24) is 10.3 Å². The van der Waals surface area contributed by atoms with Crippen LogP contribution < -0.4 is 5.32 Å². The molecule has 1 aliphatic rings. The van der Waals surface area contributed by atoms with Gasteiger partial charge in [-0.15, -0.1) is 0 Å². The van der Waals surface area contributed by atoms with E-state index in [1.807, 2.05) is 24.5 Å². The van der Waals surface area contributed by atoms with Gasteiger partial charge in [0.05, 0.1) is 11.7 Å². The number of hydrogen-bond donors (Lipinski definition) is 1. The Hall–Kier alpha value is -1.31. The minimum Gasteiger partial charge on any atom is -0.384 e. The summed E-state index contributed by atoms with van der Waals surface area (Å²) in [5, 5.41) is 3.22. The van der Waals surface area contributed by atoms with Gasteiger partial charge in [0.25, 0.3) is 0 Å². The second-order valence-corrected chi connectivity index (χ2v) is 2.70. The van der Waals surface area contributed by atoms with Crippen LogP contribution in [0.15, 0.2) is 24.5 Å². The van der Waals surface area contributed by atoms with Crippen molar-refractivity contribution in [1.29, 1.82) is 0 Å². The zero-order chi connectivity index (χ0) is 7.68. The molecule has 1 unspecified atom stereocenters. The summed E-state index contributed by atoms with van der Waals surface area (Å²) < 4.78 is 0. The average molecular weight is 146 g/mol. The van der Waals surface area contributed by atoms with Gasteiger partial charge in [0.2, 0.25) is 0 Å². The lowest BCUT2D eigenvalue weighted by Gasteiger charge is -2.18. The Morgan fingerprint density at radius 1 is 1.55 bits per heavy atom. The topological polar surface area (TPSA) is 24.9 Å². The van der Waals surface area contributed by atoms with Gasteiger partial charge >= 0.3 is 0 Å². The van der Waals surface area contributed by atoms with Gasteiger partial charge in [0.15, 0.2) is 0 Å². The van der Waals surface area contributed by atoms with Crippen molar-refractivity contribution < 1.29 is 0 Å². The molecule has 2 rings (SSSR count). The lowest BCUT2D eigenvalue weighted by atomic mass is 10.0. The number of nitrogens with zero attached hydrogens (tertiary/aromatic N) is 1. The molecule has 1 atom stereocenters. The van der Waals surface area contributed by atoms with E-state index in [9.17, 15) is 0 Å². The molecule has 0 radical (unpaired) electrons. The van der Waals surface area contributed by atoms with E-state index in [0.29, 0.717) is 6.04 Å². The average Bonchev–Trinajstić information content (AvgIpc) is 2.06. The second kappa shape index (κ2) is 2.38. The van der Waals surface area contributed by atoms with E-state index < -0.39 is 0 Å². The molecule has 0 aliphatic carbocycles. The fraction of sp³-hybridized carbons (Fsp3) is 0.222. The molecule has 0 spiro atoms. The maximum absolute atomic E-state index is 4.24. The van der Waals surface area contributed by atoms with Crippen LogP contribution in [0.1, 0.15) is 24.2 Å². The summed E-state index contributed by atoms with van der Waals surface area (Å²) in [6.07, 6.45) is 5.76. The molecule has 2 nitrogen and oxygen atoms in total. The summed E-state index contributed by atoms with van der Waals surface area (Å²) >= 11 is 0. The van der Waals surface area contributed by atoms with Gasteiger partial charge in [0, 0.05) is 6.20 Å². The van der Waals surface area contributed by atoms with Crippen LogP contribution in [0.5, 0.6) is 0 Å². The minimum absolute atomic E-state index is 0.392. The van der Waals surface area contributed by atoms with Crippen LogP contribution in [0, 0.1) is 0 Å². The quantitative estimate of drug-likeness (QED) is 0.602. The van der Waals surface area contributed by atoms with Crippen molar-refractivity contribution in [2.24, 2.45) is 0 Å². The molecule has 1 aromatic heterocycles. The highest BCUT2D eigenvalue weighted by molar-refractivity contribution is 5.52. The van der Waals surface area contributed by atoms with E-state index in [1.165, 1.54) is 5.56 Å². The van der Waals surface area contributed by atoms with Crippen LogP contribution in [0.25, 0.3) is 6.08 Å². The Labute approximate surface area is 66.0 Å². The highest BCUT2D eigenvalue weighted by Gasteiger charge is 2.10. The van der Waals surface area contributed by atoms with Crippen molar-refractivity contribution in [3.8, 4) is 0 Å². The van der Waals surface area contributed by atoms with Crippen LogP contribution in [-0.2, 0) is 0 Å². The van der Waals surface area contributed by atoms with Crippen LogP contribution >= 0.6 is 0 Å². The molecule has 1 N–H and O–H groups in total. The number of fused-ring (bicyclic) bond motifs is 1. The molecule has 1 aliphatic heterocycles. The van der Waals surface area contributed by atoms with Crippen molar-refractivity contribution in [2.45, 2.75) is 13.0 Å². The van der Waals surface area contributed by atoms with Crippen LogP contribution in [0.4, 0.5) is 0 Å². The van der Waals surface area contributed by atoms with Crippen molar-refractivity contribution in [3.63, 3.8) is 0 Å². The Bertz CT molecular complexity index is 291. The third-order valence-electron chi connectivity index (χ3n) is 1.93. The van der Waals surface area contributed by atoms with Gasteiger partial charge in [-0.3, -0.25) is 4.98 Å². The first-order valence-corrected chi connectivity index (χ1v) is 3.75. The summed E-state index contributed by atoms with van der Waals surface area (Å²) in [4.78, 5) is 4.24. The molecule has 2 heteroatoms. The maximum Gasteiger partial charge on any atom is 0.0696 e. The summed E-state index contributed by atoms with van der Waals surface area (Å²) in [7, 11) is 0. The summed E-state index contributed by atoms with van der Waals surface area (Å²) in [5.74, 6) is 0. The van der Waals surface area contributed by atoms with E-state index in [4.69, 9.17) is 0 Å². The zero-order valence-corrected chi connectivity index (χ0v) is 6.41. The van der Waals surface area contributed by atoms with Crippen molar-refractivity contribution in [3.05, 3.63) is 35.8 Å². The third-order valence-corrected chi connectivity index (χ3v) is 1.93. The minimum atomic E-state index is 0.392. The highest BCUT2D eigenvalue weighted by Crippen LogP contribution is 2.19. The Morgan fingerprint density at radius 2 is 2.45 bits per heavy atom. The zero-order valence-electron chi connectivity index (χ0n) is 6.41. The molecule has 0 aromatic carbocycles. The van der Waals surface area contributed by atoms with E-state index in [0.717, 1.165) is 5.69 Å². The van der Waals surface area contributed by atoms with Crippen molar-refractivity contribution >= 4 is 6.08 Å². The molecular weight excluding hydrogens is 136 g/mol. The Morgan fingerprint density at radius 3 is 3.27 bits per heavy atom. The predicted octanol–water partition coefficient (Wildman–Crippen LogP) is 1.72. The van der Waals surface area contributed by atoms with Crippen LogP contribution in [-0.4, -0.2) is 4.98 Å². The fourth-order valence-electron chi connectivity index (χ4n) is 1.30. The Balaban J connectivity index is 2.54. The van der Waals surface area contributed by atoms with E-state index in [-0.39, 0.29) is 0 Å². The van der Waals surface area contributed by atoms with E-state index >= 15 is 0 Å². The summed E-state index contributed by atoms with van der Waals surface area (Å²) in [6, 6.07) is 4.46. The SMILES string of the molecule is CC1NC=Cc2ncccc21. The molecule has 11 heavy (non-hydrogen) atoms. The van der Waals surface area contributed by atoms with Crippen LogP contribution in [0.3, 0.4) is 0 Å². The number of aromatic nitrogens is 1. The first-order chi connectivity index (χ1) is 5.38. The van der Waals surface area contributed by atoms with E-state index in [1.54, 1.807) is 0 Å². The first kappa shape index (κ1) is 6.40. The monoisotopic (exact) mass is 146 g/mol. The highest BCUT2D eigenvalue weighted by atomic mass is 14.9. The lowest BCUT2D eigenvalue weighted by molar-refractivity contribution is 0.674. The molecule has 1 aromatic rings. The number of nitrogens with one attached hydrogen (secondary N) is 1. The number of rotatable bonds is 0. The predicted molar refractivity (Wildman–Crippen MR) is 44.8 cm³/mol. The summed E-state index contributed by atoms with van der Waals surface area (Å²) in [6.45, 7) is 2.13. The molecule has 0 bridgehead atoms. The third kappa shape index (κ3) is 1.00. The molecule has 0 amide bonds.